The Morgan fingerprint density at radius 2 is 1.67 bits per heavy atom. The molecule has 0 saturated carbocycles. The molecule has 0 aliphatic carbocycles. The second kappa shape index (κ2) is 6.67. The first-order valence-corrected chi connectivity index (χ1v) is 6.37. The average molecular weight is 227 g/mol. The van der Waals surface area contributed by atoms with Gasteiger partial charge in [-0.15, -0.1) is 0 Å². The summed E-state index contributed by atoms with van der Waals surface area (Å²) in [6, 6.07) is 8.63. The number of hydrogen-bond acceptors (Lipinski definition) is 3. The van der Waals surface area contributed by atoms with Gasteiger partial charge in [-0.05, 0) is 26.0 Å². The van der Waals surface area contributed by atoms with Crippen LogP contribution in [0.3, 0.4) is 0 Å². The Bertz CT molecular complexity index is 294. The van der Waals surface area contributed by atoms with Crippen LogP contribution in [0.15, 0.2) is 30.3 Å². The molecular weight excluding hydrogens is 211 g/mol. The van der Waals surface area contributed by atoms with Gasteiger partial charge in [-0.25, -0.2) is 0 Å². The molecule has 1 unspecified atom stereocenters. The third-order valence-electron chi connectivity index (χ3n) is 1.82. The molecular formula is C11H16O3P. The largest absolute Gasteiger partial charge is 0.343 e. The van der Waals surface area contributed by atoms with E-state index in [0.29, 0.717) is 13.2 Å². The number of benzene rings is 1. The lowest BCUT2D eigenvalue weighted by Gasteiger charge is -2.15. The molecule has 83 valence electrons. The van der Waals surface area contributed by atoms with Crippen molar-refractivity contribution in [3.63, 3.8) is 0 Å². The summed E-state index contributed by atoms with van der Waals surface area (Å²) in [5.41, 5.74) is 0. The zero-order valence-electron chi connectivity index (χ0n) is 9.05. The van der Waals surface area contributed by atoms with E-state index in [1.165, 1.54) is 0 Å². The second-order valence-corrected chi connectivity index (χ2v) is 4.47. The minimum atomic E-state index is -1.65. The summed E-state index contributed by atoms with van der Waals surface area (Å²) in [7, 11) is -1.65. The van der Waals surface area contributed by atoms with E-state index in [4.69, 9.17) is 9.47 Å². The van der Waals surface area contributed by atoms with Crippen molar-refractivity contribution >= 4 is 13.1 Å². The topological polar surface area (TPSA) is 35.5 Å². The van der Waals surface area contributed by atoms with Crippen LogP contribution in [-0.4, -0.2) is 19.2 Å². The maximum Gasteiger partial charge on any atom is 0.234 e. The standard InChI is InChI=1S/C11H16O3P/c1-3-13-11(14-4-2)15(12)10-8-6-5-7-9-10/h5-9,11H,3-4H2,1-2H3. The van der Waals surface area contributed by atoms with Crippen molar-refractivity contribution in [1.82, 2.24) is 0 Å². The summed E-state index contributed by atoms with van der Waals surface area (Å²) in [5.74, 6) is 0. The van der Waals surface area contributed by atoms with E-state index in [1.807, 2.05) is 44.2 Å². The highest BCUT2D eigenvalue weighted by Crippen LogP contribution is 2.28. The first-order valence-electron chi connectivity index (χ1n) is 5.04. The molecule has 1 atom stereocenters. The van der Waals surface area contributed by atoms with Gasteiger partial charge in [-0.3, -0.25) is 4.57 Å². The van der Waals surface area contributed by atoms with Crippen molar-refractivity contribution in [3.05, 3.63) is 30.3 Å². The third-order valence-corrected chi connectivity index (χ3v) is 3.31. The Morgan fingerprint density at radius 3 is 2.13 bits per heavy atom. The molecule has 3 nitrogen and oxygen atoms in total. The van der Waals surface area contributed by atoms with E-state index in [9.17, 15) is 4.57 Å². The molecule has 1 aromatic carbocycles. The summed E-state index contributed by atoms with van der Waals surface area (Å²) < 4.78 is 22.6. The summed E-state index contributed by atoms with van der Waals surface area (Å²) in [6.45, 7) is 4.72. The molecule has 0 aliphatic heterocycles. The van der Waals surface area contributed by atoms with Gasteiger partial charge in [0.15, 0.2) is 7.80 Å². The molecule has 0 N–H and O–H groups in total. The van der Waals surface area contributed by atoms with Crippen LogP contribution in [0.5, 0.6) is 0 Å². The van der Waals surface area contributed by atoms with E-state index in [-0.39, 0.29) is 0 Å². The van der Waals surface area contributed by atoms with E-state index in [1.54, 1.807) is 0 Å². The Kier molecular flexibility index (Phi) is 5.48. The fourth-order valence-electron chi connectivity index (χ4n) is 1.17. The molecule has 0 amide bonds. The summed E-state index contributed by atoms with van der Waals surface area (Å²) in [6.07, 6.45) is 0. The molecule has 0 fully saturated rings. The van der Waals surface area contributed by atoms with Crippen LogP contribution in [0, 0.1) is 0 Å². The third kappa shape index (κ3) is 3.71. The molecule has 0 saturated heterocycles. The van der Waals surface area contributed by atoms with Crippen LogP contribution in [0.1, 0.15) is 13.8 Å². The molecule has 1 aromatic rings. The van der Waals surface area contributed by atoms with Crippen LogP contribution in [0.4, 0.5) is 0 Å². The van der Waals surface area contributed by atoms with Crippen LogP contribution < -0.4 is 5.30 Å². The Balaban J connectivity index is 2.71. The Labute approximate surface area is 91.2 Å². The maximum atomic E-state index is 12.0. The number of rotatable bonds is 6. The summed E-state index contributed by atoms with van der Waals surface area (Å²) in [5, 5.41) is 0.763. The highest BCUT2D eigenvalue weighted by Gasteiger charge is 2.19. The van der Waals surface area contributed by atoms with Crippen molar-refractivity contribution in [1.29, 1.82) is 0 Å². The minimum Gasteiger partial charge on any atom is -0.343 e. The molecule has 1 rings (SSSR count). The smallest absolute Gasteiger partial charge is 0.234 e. The highest BCUT2D eigenvalue weighted by atomic mass is 31.1. The minimum absolute atomic E-state index is 0.499. The van der Waals surface area contributed by atoms with E-state index in [0.717, 1.165) is 5.30 Å². The van der Waals surface area contributed by atoms with Crippen LogP contribution in [0.2, 0.25) is 0 Å². The first kappa shape index (κ1) is 12.3. The molecule has 0 spiro atoms. The molecule has 1 radical (unpaired) electrons. The average Bonchev–Trinajstić information content (AvgIpc) is 2.29. The second-order valence-electron chi connectivity index (χ2n) is 2.88. The van der Waals surface area contributed by atoms with Crippen molar-refractivity contribution in [2.24, 2.45) is 0 Å². The maximum absolute atomic E-state index is 12.0. The molecule has 0 heterocycles. The van der Waals surface area contributed by atoms with E-state index in [2.05, 4.69) is 0 Å². The van der Waals surface area contributed by atoms with E-state index < -0.39 is 13.8 Å². The van der Waals surface area contributed by atoms with Gasteiger partial charge in [0.1, 0.15) is 0 Å². The van der Waals surface area contributed by atoms with E-state index >= 15 is 0 Å². The lowest BCUT2D eigenvalue weighted by atomic mass is 10.4. The van der Waals surface area contributed by atoms with Gasteiger partial charge in [-0.1, -0.05) is 18.2 Å². The van der Waals surface area contributed by atoms with Gasteiger partial charge in [0.2, 0.25) is 6.03 Å². The fraction of sp³-hybridized carbons (Fsp3) is 0.455. The molecule has 15 heavy (non-hydrogen) atoms. The van der Waals surface area contributed by atoms with Crippen molar-refractivity contribution < 1.29 is 14.0 Å². The summed E-state index contributed by atoms with van der Waals surface area (Å²) >= 11 is 0. The first-order chi connectivity index (χ1) is 7.29. The normalized spacial score (nSPS) is 11.8. The van der Waals surface area contributed by atoms with Gasteiger partial charge < -0.3 is 9.47 Å². The fourth-order valence-corrected chi connectivity index (χ4v) is 2.44. The van der Waals surface area contributed by atoms with Crippen molar-refractivity contribution in [2.75, 3.05) is 13.2 Å². The zero-order chi connectivity index (χ0) is 11.1. The molecule has 4 heteroatoms. The van der Waals surface area contributed by atoms with Crippen molar-refractivity contribution in [2.45, 2.75) is 19.9 Å². The van der Waals surface area contributed by atoms with Crippen LogP contribution in [-0.2, 0) is 14.0 Å². The molecule has 0 aliphatic rings. The lowest BCUT2D eigenvalue weighted by Crippen LogP contribution is -2.17. The van der Waals surface area contributed by atoms with Gasteiger partial charge >= 0.3 is 0 Å². The van der Waals surface area contributed by atoms with Gasteiger partial charge in [0.25, 0.3) is 0 Å². The number of hydrogen-bond donors (Lipinski definition) is 0. The van der Waals surface area contributed by atoms with Crippen LogP contribution in [0.25, 0.3) is 0 Å². The van der Waals surface area contributed by atoms with Gasteiger partial charge in [0.05, 0.1) is 0 Å². The van der Waals surface area contributed by atoms with Crippen LogP contribution >= 0.6 is 7.80 Å². The molecule has 0 aromatic heterocycles. The lowest BCUT2D eigenvalue weighted by molar-refractivity contribution is -0.0788. The molecule has 0 bridgehead atoms. The van der Waals surface area contributed by atoms with Gasteiger partial charge in [-0.2, -0.15) is 0 Å². The van der Waals surface area contributed by atoms with Gasteiger partial charge in [0, 0.05) is 18.5 Å². The quantitative estimate of drug-likeness (QED) is 0.553. The highest BCUT2D eigenvalue weighted by molar-refractivity contribution is 7.53. The van der Waals surface area contributed by atoms with Crippen molar-refractivity contribution in [3.8, 4) is 0 Å². The predicted octanol–water partition coefficient (Wildman–Crippen LogP) is 2.50. The predicted molar refractivity (Wildman–Crippen MR) is 60.7 cm³/mol. The number of ether oxygens (including phenoxy) is 2. The zero-order valence-corrected chi connectivity index (χ0v) is 9.94. The monoisotopic (exact) mass is 227 g/mol. The Morgan fingerprint density at radius 1 is 1.13 bits per heavy atom. The summed E-state index contributed by atoms with van der Waals surface area (Å²) in [4.78, 5) is 0. The Hall–Kier alpha value is -0.760. The SMILES string of the molecule is CCOC(OCC)[P](=O)c1ccccc1.